The highest BCUT2D eigenvalue weighted by molar-refractivity contribution is 7.89. The Morgan fingerprint density at radius 3 is 2.15 bits per heavy atom. The van der Waals surface area contributed by atoms with Crippen LogP contribution in [0, 0.1) is 0 Å². The number of benzene rings is 2. The monoisotopic (exact) mass is 434 g/mol. The number of carbonyl (C=O) groups excluding carboxylic acids is 1. The summed E-state index contributed by atoms with van der Waals surface area (Å²) in [5.41, 5.74) is 0.462. The van der Waals surface area contributed by atoms with E-state index in [1.807, 2.05) is 0 Å². The van der Waals surface area contributed by atoms with Gasteiger partial charge < -0.3 is 5.32 Å². The van der Waals surface area contributed by atoms with Crippen molar-refractivity contribution < 1.29 is 13.2 Å². The topological polar surface area (TPSA) is 66.5 Å². The third kappa shape index (κ3) is 4.50. The van der Waals surface area contributed by atoms with Crippen molar-refractivity contribution >= 4 is 56.4 Å². The number of hydrogen-bond acceptors (Lipinski definition) is 3. The minimum Gasteiger partial charge on any atom is -0.322 e. The highest BCUT2D eigenvalue weighted by atomic mass is 35.5. The van der Waals surface area contributed by atoms with Crippen LogP contribution in [-0.4, -0.2) is 31.7 Å². The fraction of sp³-hybridized carbons (Fsp3) is 0.235. The summed E-state index contributed by atoms with van der Waals surface area (Å²) < 4.78 is 26.6. The number of nitrogens with zero attached hydrogens (tertiary/aromatic N) is 1. The van der Waals surface area contributed by atoms with E-state index in [-0.39, 0.29) is 20.5 Å². The molecule has 140 valence electrons. The van der Waals surface area contributed by atoms with Crippen LogP contribution >= 0.6 is 34.8 Å². The number of hydrogen-bond donors (Lipinski definition) is 1. The maximum atomic E-state index is 12.6. The summed E-state index contributed by atoms with van der Waals surface area (Å²) in [6.07, 6.45) is 0. The predicted octanol–water partition coefficient (Wildman–Crippen LogP) is 4.93. The van der Waals surface area contributed by atoms with E-state index in [0.717, 1.165) is 0 Å². The van der Waals surface area contributed by atoms with E-state index in [4.69, 9.17) is 34.8 Å². The summed E-state index contributed by atoms with van der Waals surface area (Å²) in [5, 5.41) is 3.41. The van der Waals surface area contributed by atoms with Crippen LogP contribution in [0.25, 0.3) is 0 Å². The van der Waals surface area contributed by atoms with Gasteiger partial charge in [0, 0.05) is 18.8 Å². The molecule has 0 aliphatic heterocycles. The first-order valence-electron chi connectivity index (χ1n) is 7.76. The number of carbonyl (C=O) groups is 1. The molecular formula is C17H17Cl3N2O3S. The fourth-order valence-electron chi connectivity index (χ4n) is 2.32. The van der Waals surface area contributed by atoms with Gasteiger partial charge in [-0.15, -0.1) is 0 Å². The fourth-order valence-corrected chi connectivity index (χ4v) is 4.31. The van der Waals surface area contributed by atoms with Crippen LogP contribution < -0.4 is 5.32 Å². The lowest BCUT2D eigenvalue weighted by Crippen LogP contribution is -2.30. The van der Waals surface area contributed by atoms with E-state index in [1.165, 1.54) is 28.6 Å². The molecule has 0 atom stereocenters. The van der Waals surface area contributed by atoms with Crippen molar-refractivity contribution in [1.82, 2.24) is 4.31 Å². The first-order valence-corrected chi connectivity index (χ1v) is 10.3. The van der Waals surface area contributed by atoms with Crippen LogP contribution in [0.4, 0.5) is 5.69 Å². The normalized spacial score (nSPS) is 11.6. The molecule has 0 saturated carbocycles. The second-order valence-corrected chi connectivity index (χ2v) is 8.47. The Labute approximate surface area is 167 Å². The molecule has 1 N–H and O–H groups in total. The summed E-state index contributed by atoms with van der Waals surface area (Å²) in [6.45, 7) is 4.14. The maximum Gasteiger partial charge on any atom is 0.257 e. The van der Waals surface area contributed by atoms with Crippen molar-refractivity contribution in [2.45, 2.75) is 18.7 Å². The molecule has 9 heteroatoms. The van der Waals surface area contributed by atoms with Gasteiger partial charge in [0.2, 0.25) is 10.0 Å². The Balaban J connectivity index is 2.37. The highest BCUT2D eigenvalue weighted by Gasteiger charge is 2.24. The second-order valence-electron chi connectivity index (χ2n) is 5.31. The number of anilines is 1. The van der Waals surface area contributed by atoms with Crippen molar-refractivity contribution in [3.63, 3.8) is 0 Å². The zero-order chi connectivity index (χ0) is 19.5. The predicted molar refractivity (Wildman–Crippen MR) is 106 cm³/mol. The Hall–Kier alpha value is -1.31. The summed E-state index contributed by atoms with van der Waals surface area (Å²) in [6, 6.07) is 8.65. The molecule has 2 rings (SSSR count). The summed E-state index contributed by atoms with van der Waals surface area (Å²) in [5.74, 6) is -0.551. The molecule has 0 saturated heterocycles. The minimum absolute atomic E-state index is 0.00453. The van der Waals surface area contributed by atoms with Crippen molar-refractivity contribution in [3.8, 4) is 0 Å². The Bertz CT molecular complexity index is 929. The van der Waals surface area contributed by atoms with Gasteiger partial charge in [-0.3, -0.25) is 4.79 Å². The zero-order valence-electron chi connectivity index (χ0n) is 14.1. The van der Waals surface area contributed by atoms with Crippen molar-refractivity contribution in [1.29, 1.82) is 0 Å². The van der Waals surface area contributed by atoms with E-state index in [2.05, 4.69) is 5.32 Å². The largest absolute Gasteiger partial charge is 0.322 e. The molecule has 5 nitrogen and oxygen atoms in total. The lowest BCUT2D eigenvalue weighted by molar-refractivity contribution is 0.102. The van der Waals surface area contributed by atoms with Gasteiger partial charge in [0.1, 0.15) is 0 Å². The quantitative estimate of drug-likeness (QED) is 0.699. The molecule has 2 aromatic rings. The van der Waals surface area contributed by atoms with Gasteiger partial charge in [-0.05, 0) is 36.4 Å². The molecule has 26 heavy (non-hydrogen) atoms. The Kier molecular flexibility index (Phi) is 6.93. The molecule has 0 radical (unpaired) electrons. The summed E-state index contributed by atoms with van der Waals surface area (Å²) >= 11 is 17.9. The van der Waals surface area contributed by atoms with E-state index in [9.17, 15) is 13.2 Å². The first-order chi connectivity index (χ1) is 12.2. The third-order valence-electron chi connectivity index (χ3n) is 3.70. The highest BCUT2D eigenvalue weighted by Crippen LogP contribution is 2.27. The lowest BCUT2D eigenvalue weighted by atomic mass is 10.2. The molecule has 0 aliphatic rings. The van der Waals surface area contributed by atoms with Gasteiger partial charge in [0.15, 0.2) is 0 Å². The maximum absolute atomic E-state index is 12.6. The van der Waals surface area contributed by atoms with E-state index in [0.29, 0.717) is 23.8 Å². The van der Waals surface area contributed by atoms with Crippen molar-refractivity contribution in [2.75, 3.05) is 18.4 Å². The Morgan fingerprint density at radius 1 is 0.962 bits per heavy atom. The van der Waals surface area contributed by atoms with E-state index >= 15 is 0 Å². The zero-order valence-corrected chi connectivity index (χ0v) is 17.2. The third-order valence-corrected chi connectivity index (χ3v) is 6.82. The van der Waals surface area contributed by atoms with Crippen LogP contribution in [0.1, 0.15) is 24.2 Å². The SMILES string of the molecule is CCN(CC)S(=O)(=O)c1ccc(Cl)c(C(=O)Nc2ccc(Cl)c(Cl)c2)c1. The van der Waals surface area contributed by atoms with Crippen LogP contribution in [0.15, 0.2) is 41.3 Å². The van der Waals surface area contributed by atoms with E-state index < -0.39 is 15.9 Å². The standard InChI is InChI=1S/C17H17Cl3N2O3S/c1-3-22(4-2)26(24,25)12-6-8-14(18)13(10-12)17(23)21-11-5-7-15(19)16(20)9-11/h5-10H,3-4H2,1-2H3,(H,21,23). The number of amides is 1. The van der Waals surface area contributed by atoms with Gasteiger partial charge >= 0.3 is 0 Å². The number of halogens is 3. The molecule has 0 aromatic heterocycles. The molecule has 0 bridgehead atoms. The number of rotatable bonds is 6. The van der Waals surface area contributed by atoms with Crippen LogP contribution in [0.2, 0.25) is 15.1 Å². The van der Waals surface area contributed by atoms with Crippen molar-refractivity contribution in [3.05, 3.63) is 57.0 Å². The molecule has 0 fully saturated rings. The van der Waals surface area contributed by atoms with E-state index in [1.54, 1.807) is 26.0 Å². The summed E-state index contributed by atoms with van der Waals surface area (Å²) in [4.78, 5) is 12.5. The molecular weight excluding hydrogens is 419 g/mol. The van der Waals surface area contributed by atoms with Crippen LogP contribution in [0.5, 0.6) is 0 Å². The molecule has 0 aliphatic carbocycles. The lowest BCUT2D eigenvalue weighted by Gasteiger charge is -2.19. The molecule has 0 unspecified atom stereocenters. The van der Waals surface area contributed by atoms with Gasteiger partial charge in [0.05, 0.1) is 25.5 Å². The molecule has 0 spiro atoms. The Morgan fingerprint density at radius 2 is 1.58 bits per heavy atom. The number of nitrogens with one attached hydrogen (secondary N) is 1. The van der Waals surface area contributed by atoms with Crippen LogP contribution in [-0.2, 0) is 10.0 Å². The van der Waals surface area contributed by atoms with Crippen LogP contribution in [0.3, 0.4) is 0 Å². The minimum atomic E-state index is -3.70. The molecule has 0 heterocycles. The van der Waals surface area contributed by atoms with Gasteiger partial charge in [-0.25, -0.2) is 8.42 Å². The van der Waals surface area contributed by atoms with Gasteiger partial charge in [0.25, 0.3) is 5.91 Å². The molecule has 1 amide bonds. The van der Waals surface area contributed by atoms with Crippen molar-refractivity contribution in [2.24, 2.45) is 0 Å². The number of sulfonamides is 1. The average molecular weight is 436 g/mol. The van der Waals surface area contributed by atoms with Gasteiger partial charge in [-0.1, -0.05) is 48.7 Å². The molecule has 2 aromatic carbocycles. The summed E-state index contributed by atoms with van der Waals surface area (Å²) in [7, 11) is -3.70. The first kappa shape index (κ1) is 21.0. The van der Waals surface area contributed by atoms with Gasteiger partial charge in [-0.2, -0.15) is 4.31 Å². The second kappa shape index (κ2) is 8.59. The smallest absolute Gasteiger partial charge is 0.257 e. The average Bonchev–Trinajstić information content (AvgIpc) is 2.59.